The Labute approximate surface area is 141 Å². The monoisotopic (exact) mass is 345 g/mol. The highest BCUT2D eigenvalue weighted by Crippen LogP contribution is 2.29. The van der Waals surface area contributed by atoms with Crippen LogP contribution in [0.4, 0.5) is 24.5 Å². The minimum Gasteiger partial charge on any atom is -0.376 e. The maximum Gasteiger partial charge on any atom is 0.416 e. The predicted octanol–water partition coefficient (Wildman–Crippen LogP) is 4.30. The summed E-state index contributed by atoms with van der Waals surface area (Å²) in [4.78, 5) is 16.3. The number of alkyl halides is 3. The quantitative estimate of drug-likeness (QED) is 0.741. The summed E-state index contributed by atoms with van der Waals surface area (Å²) in [7, 11) is 0. The van der Waals surface area contributed by atoms with Gasteiger partial charge in [0.1, 0.15) is 0 Å². The third-order valence-corrected chi connectivity index (χ3v) is 3.57. The Morgan fingerprint density at radius 2 is 1.72 bits per heavy atom. The molecule has 0 atom stereocenters. The summed E-state index contributed by atoms with van der Waals surface area (Å²) in [5.41, 5.74) is 0.953. The number of halogens is 3. The first-order valence-electron chi connectivity index (χ1n) is 7.48. The van der Waals surface area contributed by atoms with Crippen molar-refractivity contribution in [2.75, 3.05) is 17.2 Å². The van der Waals surface area contributed by atoms with Gasteiger partial charge in [-0.2, -0.15) is 13.2 Å². The van der Waals surface area contributed by atoms with E-state index in [2.05, 4.69) is 15.6 Å². The molecule has 2 N–H and O–H groups in total. The van der Waals surface area contributed by atoms with E-state index in [1.807, 2.05) is 18.2 Å². The Morgan fingerprint density at radius 1 is 1.00 bits per heavy atom. The van der Waals surface area contributed by atoms with E-state index in [0.29, 0.717) is 16.9 Å². The lowest BCUT2D eigenvalue weighted by Gasteiger charge is -2.11. The van der Waals surface area contributed by atoms with Gasteiger partial charge in [-0.25, -0.2) is 0 Å². The molecule has 0 saturated carbocycles. The second kappa shape index (κ2) is 6.80. The third kappa shape index (κ3) is 4.06. The van der Waals surface area contributed by atoms with Gasteiger partial charge >= 0.3 is 6.18 Å². The van der Waals surface area contributed by atoms with Crippen LogP contribution in [-0.2, 0) is 11.0 Å². The van der Waals surface area contributed by atoms with Crippen molar-refractivity contribution in [3.05, 3.63) is 66.4 Å². The number of fused-ring (bicyclic) bond motifs is 1. The molecule has 0 radical (unpaired) electrons. The fraction of sp³-hybridized carbons (Fsp3) is 0.111. The summed E-state index contributed by atoms with van der Waals surface area (Å²) < 4.78 is 37.5. The Kier molecular flexibility index (Phi) is 4.56. The second-order valence-electron chi connectivity index (χ2n) is 5.36. The minimum atomic E-state index is -4.38. The first kappa shape index (κ1) is 16.8. The summed E-state index contributed by atoms with van der Waals surface area (Å²) in [6.45, 7) is -0.0748. The van der Waals surface area contributed by atoms with Crippen LogP contribution in [0.3, 0.4) is 0 Å². The number of rotatable bonds is 4. The number of anilines is 2. The lowest BCUT2D eigenvalue weighted by atomic mass is 10.2. The molecule has 3 aromatic rings. The number of carbonyl (C=O) groups is 1. The van der Waals surface area contributed by atoms with Crippen LogP contribution in [0.5, 0.6) is 0 Å². The van der Waals surface area contributed by atoms with Crippen LogP contribution in [-0.4, -0.2) is 17.4 Å². The molecule has 2 aromatic carbocycles. The number of pyridine rings is 1. The number of carbonyl (C=O) groups excluding carboxylic acids is 1. The molecule has 7 heteroatoms. The van der Waals surface area contributed by atoms with Crippen LogP contribution >= 0.6 is 0 Å². The molecule has 0 fully saturated rings. The Bertz CT molecular complexity index is 887. The lowest BCUT2D eigenvalue weighted by molar-refractivity contribution is -0.137. The average Bonchev–Trinajstić information content (AvgIpc) is 2.60. The van der Waals surface area contributed by atoms with Crippen LogP contribution < -0.4 is 10.6 Å². The molecule has 0 unspecified atom stereocenters. The summed E-state index contributed by atoms with van der Waals surface area (Å²) >= 11 is 0. The Morgan fingerprint density at radius 3 is 2.44 bits per heavy atom. The fourth-order valence-corrected chi connectivity index (χ4v) is 2.36. The number of nitrogens with zero attached hydrogens (tertiary/aromatic N) is 1. The van der Waals surface area contributed by atoms with Crippen molar-refractivity contribution in [2.45, 2.75) is 6.18 Å². The van der Waals surface area contributed by atoms with E-state index in [4.69, 9.17) is 0 Å². The van der Waals surface area contributed by atoms with Crippen molar-refractivity contribution >= 4 is 28.2 Å². The molecule has 0 aliphatic rings. The molecule has 4 nitrogen and oxygen atoms in total. The summed E-state index contributed by atoms with van der Waals surface area (Å²) in [5, 5.41) is 6.44. The van der Waals surface area contributed by atoms with Crippen LogP contribution in [0.2, 0.25) is 0 Å². The maximum absolute atomic E-state index is 12.5. The molecule has 1 aromatic heterocycles. The average molecular weight is 345 g/mol. The molecule has 0 bridgehead atoms. The van der Waals surface area contributed by atoms with Gasteiger partial charge in [0, 0.05) is 17.3 Å². The van der Waals surface area contributed by atoms with Crippen molar-refractivity contribution < 1.29 is 18.0 Å². The zero-order valence-corrected chi connectivity index (χ0v) is 13.0. The van der Waals surface area contributed by atoms with E-state index in [0.717, 1.165) is 17.5 Å². The minimum absolute atomic E-state index is 0.0748. The van der Waals surface area contributed by atoms with Crippen LogP contribution in [0, 0.1) is 0 Å². The van der Waals surface area contributed by atoms with Crippen molar-refractivity contribution in [2.24, 2.45) is 0 Å². The highest BCUT2D eigenvalue weighted by Gasteiger charge is 2.29. The van der Waals surface area contributed by atoms with Gasteiger partial charge in [0.15, 0.2) is 0 Å². The van der Waals surface area contributed by atoms with E-state index in [9.17, 15) is 18.0 Å². The van der Waals surface area contributed by atoms with Gasteiger partial charge in [-0.3, -0.25) is 9.78 Å². The van der Waals surface area contributed by atoms with E-state index < -0.39 is 11.7 Å². The molecule has 0 saturated heterocycles. The molecule has 1 heterocycles. The summed E-state index contributed by atoms with van der Waals surface area (Å²) in [6.07, 6.45) is -2.74. The molecule has 0 spiro atoms. The van der Waals surface area contributed by atoms with Crippen molar-refractivity contribution in [3.63, 3.8) is 0 Å². The maximum atomic E-state index is 12.5. The molecular weight excluding hydrogens is 331 g/mol. The molecule has 0 aliphatic heterocycles. The smallest absolute Gasteiger partial charge is 0.376 e. The van der Waals surface area contributed by atoms with Crippen molar-refractivity contribution in [3.8, 4) is 0 Å². The fourth-order valence-electron chi connectivity index (χ4n) is 2.36. The normalized spacial score (nSPS) is 11.3. The van der Waals surface area contributed by atoms with Crippen LogP contribution in [0.1, 0.15) is 5.56 Å². The van der Waals surface area contributed by atoms with E-state index >= 15 is 0 Å². The number of aromatic nitrogens is 1. The SMILES string of the molecule is O=C(CNc1ccc(C(F)(F)F)cc1)Nc1cccc2cccnc12. The van der Waals surface area contributed by atoms with Gasteiger partial charge in [0.05, 0.1) is 23.3 Å². The number of nitrogens with one attached hydrogen (secondary N) is 2. The van der Waals surface area contributed by atoms with E-state index in [-0.39, 0.29) is 12.5 Å². The Hall–Kier alpha value is -3.09. The van der Waals surface area contributed by atoms with Gasteiger partial charge in [0.2, 0.25) is 5.91 Å². The summed E-state index contributed by atoms with van der Waals surface area (Å²) in [5.74, 6) is -0.321. The zero-order valence-electron chi connectivity index (χ0n) is 13.0. The number of hydrogen-bond acceptors (Lipinski definition) is 3. The van der Waals surface area contributed by atoms with Crippen molar-refractivity contribution in [1.82, 2.24) is 4.98 Å². The molecule has 128 valence electrons. The third-order valence-electron chi connectivity index (χ3n) is 3.57. The van der Waals surface area contributed by atoms with E-state index in [1.54, 1.807) is 18.3 Å². The van der Waals surface area contributed by atoms with Gasteiger partial charge in [-0.1, -0.05) is 18.2 Å². The molecule has 3 rings (SSSR count). The number of benzene rings is 2. The van der Waals surface area contributed by atoms with Gasteiger partial charge < -0.3 is 10.6 Å². The number of para-hydroxylation sites is 1. The topological polar surface area (TPSA) is 54.0 Å². The van der Waals surface area contributed by atoms with Crippen LogP contribution in [0.15, 0.2) is 60.8 Å². The largest absolute Gasteiger partial charge is 0.416 e. The summed E-state index contributed by atoms with van der Waals surface area (Å²) in [6, 6.07) is 13.6. The second-order valence-corrected chi connectivity index (χ2v) is 5.36. The molecule has 25 heavy (non-hydrogen) atoms. The number of amides is 1. The first-order chi connectivity index (χ1) is 11.9. The predicted molar refractivity (Wildman–Crippen MR) is 90.3 cm³/mol. The molecular formula is C18H14F3N3O. The van der Waals surface area contributed by atoms with Gasteiger partial charge in [-0.05, 0) is 36.4 Å². The van der Waals surface area contributed by atoms with Gasteiger partial charge in [0.25, 0.3) is 0 Å². The first-order valence-corrected chi connectivity index (χ1v) is 7.48. The molecule has 1 amide bonds. The molecule has 0 aliphatic carbocycles. The van der Waals surface area contributed by atoms with Crippen molar-refractivity contribution in [1.29, 1.82) is 0 Å². The lowest BCUT2D eigenvalue weighted by Crippen LogP contribution is -2.22. The van der Waals surface area contributed by atoms with E-state index in [1.165, 1.54) is 12.1 Å². The van der Waals surface area contributed by atoms with Crippen LogP contribution in [0.25, 0.3) is 10.9 Å². The Balaban J connectivity index is 1.63. The number of hydrogen-bond donors (Lipinski definition) is 2. The highest BCUT2D eigenvalue weighted by atomic mass is 19.4. The highest BCUT2D eigenvalue weighted by molar-refractivity contribution is 6.01. The zero-order chi connectivity index (χ0) is 17.9. The van der Waals surface area contributed by atoms with Gasteiger partial charge in [-0.15, -0.1) is 0 Å². The standard InChI is InChI=1S/C18H14F3N3O/c19-18(20,21)13-6-8-14(9-7-13)23-11-16(25)24-15-5-1-3-12-4-2-10-22-17(12)15/h1-10,23H,11H2,(H,24,25).